The molecular formula is C38H34N6O4S. The molecule has 0 aliphatic carbocycles. The zero-order chi connectivity index (χ0) is 33.1. The van der Waals surface area contributed by atoms with Gasteiger partial charge in [0.25, 0.3) is 0 Å². The Balaban J connectivity index is 1.14. The van der Waals surface area contributed by atoms with Crippen molar-refractivity contribution in [1.82, 2.24) is 20.4 Å². The maximum Gasteiger partial charge on any atom is 0.247 e. The first-order valence-corrected chi connectivity index (χ1v) is 17.8. The number of nitrogens with zero attached hydrogens (tertiary/aromatic N) is 2. The van der Waals surface area contributed by atoms with Crippen LogP contribution in [0.1, 0.15) is 34.4 Å². The second-order valence-electron chi connectivity index (χ2n) is 14.2. The van der Waals surface area contributed by atoms with Gasteiger partial charge in [-0.25, -0.2) is 0 Å². The maximum absolute atomic E-state index is 14.6. The molecule has 49 heavy (non-hydrogen) atoms. The largest absolute Gasteiger partial charge is 0.364 e. The summed E-state index contributed by atoms with van der Waals surface area (Å²) in [6, 6.07) is 27.0. The van der Waals surface area contributed by atoms with Crippen LogP contribution in [0.5, 0.6) is 0 Å². The van der Waals surface area contributed by atoms with Gasteiger partial charge in [-0.3, -0.25) is 19.2 Å². The summed E-state index contributed by atoms with van der Waals surface area (Å²) in [5, 5.41) is 15.6. The van der Waals surface area contributed by atoms with Crippen LogP contribution in [-0.4, -0.2) is 69.9 Å². The lowest BCUT2D eigenvalue weighted by molar-refractivity contribution is -0.149. The highest BCUT2D eigenvalue weighted by Gasteiger charge is 2.78. The molecule has 10 rings (SSSR count). The molecule has 6 aliphatic rings. The zero-order valence-corrected chi connectivity index (χ0v) is 27.3. The third-order valence-corrected chi connectivity index (χ3v) is 12.9. The van der Waals surface area contributed by atoms with Crippen LogP contribution in [0.4, 0.5) is 11.4 Å². The summed E-state index contributed by atoms with van der Waals surface area (Å²) in [7, 11) is 0. The monoisotopic (exact) mass is 670 g/mol. The molecular weight excluding hydrogens is 637 g/mol. The van der Waals surface area contributed by atoms with Crippen molar-refractivity contribution in [3.05, 3.63) is 118 Å². The van der Waals surface area contributed by atoms with E-state index in [0.717, 1.165) is 32.9 Å². The molecule has 0 saturated carbocycles. The highest BCUT2D eigenvalue weighted by molar-refractivity contribution is 7.09. The summed E-state index contributed by atoms with van der Waals surface area (Å²) in [6.45, 7) is 0. The summed E-state index contributed by atoms with van der Waals surface area (Å²) < 4.78 is 0. The van der Waals surface area contributed by atoms with E-state index in [-0.39, 0.29) is 23.6 Å². The van der Waals surface area contributed by atoms with E-state index < -0.39 is 47.3 Å². The fraction of sp³-hybridized carbons (Fsp3) is 0.316. The van der Waals surface area contributed by atoms with Crippen LogP contribution < -0.4 is 21.3 Å². The third kappa shape index (κ3) is 3.71. The lowest BCUT2D eigenvalue weighted by Gasteiger charge is -2.48. The van der Waals surface area contributed by atoms with Crippen LogP contribution in [0.15, 0.2) is 96.4 Å². The van der Waals surface area contributed by atoms with Crippen molar-refractivity contribution in [1.29, 1.82) is 0 Å². The van der Waals surface area contributed by atoms with Gasteiger partial charge in [0.2, 0.25) is 23.6 Å². The molecule has 3 aromatic carbocycles. The lowest BCUT2D eigenvalue weighted by atomic mass is 9.54. The van der Waals surface area contributed by atoms with E-state index >= 15 is 0 Å². The number of thiophene rings is 1. The van der Waals surface area contributed by atoms with Gasteiger partial charge in [0.1, 0.15) is 36.5 Å². The predicted molar refractivity (Wildman–Crippen MR) is 184 cm³/mol. The molecule has 6 aliphatic heterocycles. The number of rotatable bonds is 5. The highest BCUT2D eigenvalue weighted by atomic mass is 32.1. The number of benzene rings is 3. The molecule has 4 saturated heterocycles. The number of anilines is 2. The summed E-state index contributed by atoms with van der Waals surface area (Å²) in [6.07, 6.45) is 0.345. The minimum absolute atomic E-state index is 0.121. The average Bonchev–Trinajstić information content (AvgIpc) is 3.92. The smallest absolute Gasteiger partial charge is 0.247 e. The lowest BCUT2D eigenvalue weighted by Crippen LogP contribution is -2.67. The predicted octanol–water partition coefficient (Wildman–Crippen LogP) is 3.11. The van der Waals surface area contributed by atoms with Crippen LogP contribution in [-0.2, 0) is 42.8 Å². The van der Waals surface area contributed by atoms with Gasteiger partial charge >= 0.3 is 0 Å². The van der Waals surface area contributed by atoms with Gasteiger partial charge in [-0.2, -0.15) is 0 Å². The van der Waals surface area contributed by atoms with Crippen LogP contribution in [0, 0.1) is 0 Å². The Morgan fingerprint density at radius 3 is 1.63 bits per heavy atom. The first-order valence-electron chi connectivity index (χ1n) is 16.9. The van der Waals surface area contributed by atoms with Crippen molar-refractivity contribution < 1.29 is 19.2 Å². The molecule has 8 atom stereocenters. The zero-order valence-electron chi connectivity index (χ0n) is 26.5. The molecule has 4 amide bonds. The molecule has 0 bridgehead atoms. The second kappa shape index (κ2) is 10.2. The van der Waals surface area contributed by atoms with Crippen molar-refractivity contribution in [3.63, 3.8) is 0 Å². The minimum atomic E-state index is -0.853. The van der Waals surface area contributed by atoms with E-state index in [1.165, 1.54) is 0 Å². The van der Waals surface area contributed by atoms with Gasteiger partial charge in [-0.15, -0.1) is 11.3 Å². The molecule has 1 aromatic heterocycles. The molecule has 4 fully saturated rings. The van der Waals surface area contributed by atoms with Gasteiger partial charge in [0.05, 0.1) is 10.8 Å². The number of carbonyl (C=O) groups excluding carboxylic acids is 4. The number of carbonyl (C=O) groups is 4. The first kappa shape index (κ1) is 28.8. The summed E-state index contributed by atoms with van der Waals surface area (Å²) >= 11 is 1.57. The number of para-hydroxylation sites is 2. The van der Waals surface area contributed by atoms with Crippen molar-refractivity contribution in [3.8, 4) is 0 Å². The van der Waals surface area contributed by atoms with Gasteiger partial charge in [-0.1, -0.05) is 72.8 Å². The second-order valence-corrected chi connectivity index (χ2v) is 15.2. The quantitative estimate of drug-likeness (QED) is 0.259. The number of piperazine rings is 2. The van der Waals surface area contributed by atoms with E-state index in [0.29, 0.717) is 25.7 Å². The fourth-order valence-electron chi connectivity index (χ4n) is 10.2. The van der Waals surface area contributed by atoms with Crippen molar-refractivity contribution in [2.45, 2.75) is 73.0 Å². The normalized spacial score (nSPS) is 33.4. The summed E-state index contributed by atoms with van der Waals surface area (Å²) in [5.41, 5.74) is 3.07. The SMILES string of the molecule is O=C1NC(Cc2ccccc2)C(=O)N2C1CC1(C34CC5C(=O)NC(Cc6cccs6)C(=O)N5C3Nc3ccccc34)c3ccccc3NC21. The van der Waals surface area contributed by atoms with Gasteiger partial charge in [0, 0.05) is 29.1 Å². The fourth-order valence-corrected chi connectivity index (χ4v) is 10.9. The van der Waals surface area contributed by atoms with Crippen molar-refractivity contribution in [2.75, 3.05) is 10.6 Å². The van der Waals surface area contributed by atoms with Crippen molar-refractivity contribution in [2.24, 2.45) is 0 Å². The average molecular weight is 671 g/mol. The van der Waals surface area contributed by atoms with Gasteiger partial charge < -0.3 is 31.1 Å². The Bertz CT molecular complexity index is 2060. The van der Waals surface area contributed by atoms with E-state index in [1.54, 1.807) is 21.1 Å². The Morgan fingerprint density at radius 2 is 1.10 bits per heavy atom. The molecule has 0 spiro atoms. The number of fused-ring (bicyclic) bond motifs is 11. The molecule has 4 aromatic rings. The van der Waals surface area contributed by atoms with E-state index in [1.807, 2.05) is 84.2 Å². The first-order chi connectivity index (χ1) is 23.9. The Morgan fingerprint density at radius 1 is 0.592 bits per heavy atom. The molecule has 4 N–H and O–H groups in total. The Labute approximate surface area is 286 Å². The van der Waals surface area contributed by atoms with Crippen molar-refractivity contribution >= 4 is 46.3 Å². The number of hydrogen-bond acceptors (Lipinski definition) is 7. The summed E-state index contributed by atoms with van der Waals surface area (Å²) in [5.74, 6) is -0.603. The third-order valence-electron chi connectivity index (χ3n) is 12.0. The highest BCUT2D eigenvalue weighted by Crippen LogP contribution is 2.68. The number of nitrogens with one attached hydrogen (secondary N) is 4. The minimum Gasteiger partial charge on any atom is -0.364 e. The topological polar surface area (TPSA) is 123 Å². The standard InChI is InChI=1S/C38H34N6O4S/c45-31-29-19-37(23-12-4-6-14-25(23)41-35(37)43(29)33(47)27(39-31)17-21-9-2-1-3-10-21)38-20-30-32(46)40-28(18-22-11-8-16-49-22)34(48)44(30)36(38)42-26-15-7-5-13-24(26)38/h1-16,27-30,35-36,41-42H,17-20H2,(H,39,45)(H,40,46). The van der Waals surface area contributed by atoms with Crippen LogP contribution in [0.25, 0.3) is 0 Å². The Kier molecular flexibility index (Phi) is 5.99. The number of amides is 4. The maximum atomic E-state index is 14.6. The van der Waals surface area contributed by atoms with E-state index in [4.69, 9.17) is 0 Å². The number of hydrogen-bond donors (Lipinski definition) is 4. The van der Waals surface area contributed by atoms with Gasteiger partial charge in [-0.05, 0) is 53.1 Å². The molecule has 0 radical (unpaired) electrons. The van der Waals surface area contributed by atoms with Crippen LogP contribution in [0.3, 0.4) is 0 Å². The van der Waals surface area contributed by atoms with Crippen LogP contribution >= 0.6 is 11.3 Å². The molecule has 10 nitrogen and oxygen atoms in total. The Hall–Kier alpha value is -5.16. The summed E-state index contributed by atoms with van der Waals surface area (Å²) in [4.78, 5) is 62.0. The van der Waals surface area contributed by atoms with Crippen LogP contribution in [0.2, 0.25) is 0 Å². The molecule has 246 valence electrons. The molecule has 7 heterocycles. The van der Waals surface area contributed by atoms with Gasteiger partial charge in [0.15, 0.2) is 0 Å². The molecule has 8 unspecified atom stereocenters. The molecule has 11 heteroatoms. The van der Waals surface area contributed by atoms with E-state index in [2.05, 4.69) is 33.4 Å². The van der Waals surface area contributed by atoms with E-state index in [9.17, 15) is 19.2 Å².